The molecule has 0 amide bonds. The van der Waals surface area contributed by atoms with Gasteiger partial charge in [0.2, 0.25) is 0 Å². The van der Waals surface area contributed by atoms with Gasteiger partial charge in [-0.2, -0.15) is 0 Å². The van der Waals surface area contributed by atoms with E-state index in [-0.39, 0.29) is 0 Å². The largest absolute Gasteiger partial charge is 0.379 e. The molecule has 0 spiro atoms. The van der Waals surface area contributed by atoms with E-state index in [2.05, 4.69) is 17.4 Å². The van der Waals surface area contributed by atoms with E-state index in [0.717, 1.165) is 32.8 Å². The van der Waals surface area contributed by atoms with Crippen LogP contribution in [0.2, 0.25) is 0 Å². The number of hydrazine groups is 1. The first-order valence-corrected chi connectivity index (χ1v) is 6.49. The highest BCUT2D eigenvalue weighted by Gasteiger charge is 2.08. The van der Waals surface area contributed by atoms with Crippen molar-refractivity contribution in [2.24, 2.45) is 0 Å². The molecule has 0 bridgehead atoms. The molecule has 0 atom stereocenters. The molecule has 0 saturated carbocycles. The van der Waals surface area contributed by atoms with Gasteiger partial charge in [0.1, 0.15) is 0 Å². The van der Waals surface area contributed by atoms with Crippen molar-refractivity contribution in [3.8, 4) is 0 Å². The maximum absolute atomic E-state index is 5.29. The number of nitrogens with one attached hydrogen (secondary N) is 1. The Morgan fingerprint density at radius 1 is 1.00 bits per heavy atom. The van der Waals surface area contributed by atoms with Crippen LogP contribution >= 0.6 is 0 Å². The van der Waals surface area contributed by atoms with Crippen LogP contribution in [-0.2, 0) is 4.74 Å². The van der Waals surface area contributed by atoms with E-state index < -0.39 is 0 Å². The molecule has 1 heterocycles. The summed E-state index contributed by atoms with van der Waals surface area (Å²) >= 11 is 0. The van der Waals surface area contributed by atoms with Crippen molar-refractivity contribution < 1.29 is 4.74 Å². The van der Waals surface area contributed by atoms with Crippen LogP contribution in [0.3, 0.4) is 0 Å². The standard InChI is InChI=1S/C12H26N2O/c1-2-3-4-5-6-7-8-13-14-9-11-15-12-10-14/h13H,2-12H2,1H3. The lowest BCUT2D eigenvalue weighted by Gasteiger charge is -2.27. The van der Waals surface area contributed by atoms with Gasteiger partial charge in [0.05, 0.1) is 13.2 Å². The van der Waals surface area contributed by atoms with E-state index in [1.54, 1.807) is 0 Å². The van der Waals surface area contributed by atoms with E-state index in [4.69, 9.17) is 4.74 Å². The molecule has 3 nitrogen and oxygen atoms in total. The van der Waals surface area contributed by atoms with Crippen molar-refractivity contribution in [3.63, 3.8) is 0 Å². The molecule has 90 valence electrons. The van der Waals surface area contributed by atoms with Gasteiger partial charge < -0.3 is 4.74 Å². The van der Waals surface area contributed by atoms with E-state index in [9.17, 15) is 0 Å². The fourth-order valence-corrected chi connectivity index (χ4v) is 1.86. The third-order valence-electron chi connectivity index (χ3n) is 2.88. The zero-order chi connectivity index (χ0) is 10.8. The molecule has 0 aliphatic carbocycles. The Kier molecular flexibility index (Phi) is 7.88. The molecule has 0 unspecified atom stereocenters. The molecular formula is C12H26N2O. The van der Waals surface area contributed by atoms with Gasteiger partial charge in [0, 0.05) is 19.6 Å². The highest BCUT2D eigenvalue weighted by atomic mass is 16.5. The van der Waals surface area contributed by atoms with Crippen molar-refractivity contribution in [2.45, 2.75) is 45.4 Å². The molecule has 1 saturated heterocycles. The summed E-state index contributed by atoms with van der Waals surface area (Å²) in [5.41, 5.74) is 3.47. The predicted molar refractivity (Wildman–Crippen MR) is 63.8 cm³/mol. The number of nitrogens with zero attached hydrogens (tertiary/aromatic N) is 1. The van der Waals surface area contributed by atoms with Gasteiger partial charge in [-0.15, -0.1) is 0 Å². The van der Waals surface area contributed by atoms with E-state index in [1.807, 2.05) is 0 Å². The summed E-state index contributed by atoms with van der Waals surface area (Å²) in [6, 6.07) is 0. The lowest BCUT2D eigenvalue weighted by molar-refractivity contribution is 0.0118. The highest BCUT2D eigenvalue weighted by Crippen LogP contribution is 2.04. The fraction of sp³-hybridized carbons (Fsp3) is 1.00. The Labute approximate surface area is 94.1 Å². The molecule has 0 aromatic carbocycles. The lowest BCUT2D eigenvalue weighted by atomic mass is 10.1. The molecular weight excluding hydrogens is 188 g/mol. The Hall–Kier alpha value is -0.120. The molecule has 0 radical (unpaired) electrons. The summed E-state index contributed by atoms with van der Waals surface area (Å²) in [4.78, 5) is 0. The van der Waals surface area contributed by atoms with Crippen LogP contribution in [0.15, 0.2) is 0 Å². The minimum absolute atomic E-state index is 0.878. The van der Waals surface area contributed by atoms with Crippen molar-refractivity contribution in [1.29, 1.82) is 0 Å². The van der Waals surface area contributed by atoms with Gasteiger partial charge in [-0.25, -0.2) is 5.01 Å². The van der Waals surface area contributed by atoms with Crippen LogP contribution in [0.25, 0.3) is 0 Å². The van der Waals surface area contributed by atoms with Gasteiger partial charge in [-0.3, -0.25) is 5.43 Å². The maximum Gasteiger partial charge on any atom is 0.0608 e. The van der Waals surface area contributed by atoms with E-state index >= 15 is 0 Å². The molecule has 15 heavy (non-hydrogen) atoms. The van der Waals surface area contributed by atoms with Gasteiger partial charge in [0.15, 0.2) is 0 Å². The number of morpholine rings is 1. The number of ether oxygens (including phenoxy) is 1. The monoisotopic (exact) mass is 214 g/mol. The molecule has 1 fully saturated rings. The summed E-state index contributed by atoms with van der Waals surface area (Å²) in [6.07, 6.45) is 8.23. The second-order valence-electron chi connectivity index (χ2n) is 4.28. The molecule has 3 heteroatoms. The van der Waals surface area contributed by atoms with Crippen molar-refractivity contribution in [3.05, 3.63) is 0 Å². The highest BCUT2D eigenvalue weighted by molar-refractivity contribution is 4.57. The molecule has 1 rings (SSSR count). The molecule has 1 aliphatic rings. The second kappa shape index (κ2) is 9.13. The molecule has 1 N–H and O–H groups in total. The quantitative estimate of drug-likeness (QED) is 0.627. The maximum atomic E-state index is 5.29. The molecule has 1 aliphatic heterocycles. The Bertz CT molecular complexity index is 136. The summed E-state index contributed by atoms with van der Waals surface area (Å²) in [5.74, 6) is 0. The molecule has 0 aromatic rings. The van der Waals surface area contributed by atoms with Crippen LogP contribution in [0.1, 0.15) is 45.4 Å². The fourth-order valence-electron chi connectivity index (χ4n) is 1.86. The Morgan fingerprint density at radius 3 is 2.40 bits per heavy atom. The summed E-state index contributed by atoms with van der Waals surface area (Å²) < 4.78 is 5.29. The van der Waals surface area contributed by atoms with E-state index in [0.29, 0.717) is 0 Å². The molecule has 0 aromatic heterocycles. The predicted octanol–water partition coefficient (Wildman–Crippen LogP) is 2.18. The topological polar surface area (TPSA) is 24.5 Å². The SMILES string of the molecule is CCCCCCCCNN1CCOCC1. The lowest BCUT2D eigenvalue weighted by Crippen LogP contribution is -2.45. The number of rotatable bonds is 8. The van der Waals surface area contributed by atoms with Crippen LogP contribution in [0.4, 0.5) is 0 Å². The zero-order valence-electron chi connectivity index (χ0n) is 10.1. The zero-order valence-corrected chi connectivity index (χ0v) is 10.1. The summed E-state index contributed by atoms with van der Waals surface area (Å²) in [6.45, 7) is 7.23. The van der Waals surface area contributed by atoms with Gasteiger partial charge in [-0.1, -0.05) is 39.0 Å². The number of hydrogen-bond donors (Lipinski definition) is 1. The minimum Gasteiger partial charge on any atom is -0.379 e. The average Bonchev–Trinajstić information content (AvgIpc) is 2.29. The number of unbranched alkanes of at least 4 members (excludes halogenated alkanes) is 5. The summed E-state index contributed by atoms with van der Waals surface area (Å²) in [5, 5.41) is 2.29. The Balaban J connectivity index is 1.79. The number of hydrogen-bond acceptors (Lipinski definition) is 3. The Morgan fingerprint density at radius 2 is 1.67 bits per heavy atom. The average molecular weight is 214 g/mol. The van der Waals surface area contributed by atoms with Crippen molar-refractivity contribution in [2.75, 3.05) is 32.8 Å². The van der Waals surface area contributed by atoms with Crippen LogP contribution in [-0.4, -0.2) is 37.9 Å². The van der Waals surface area contributed by atoms with Crippen molar-refractivity contribution >= 4 is 0 Å². The van der Waals surface area contributed by atoms with Gasteiger partial charge in [0.25, 0.3) is 0 Å². The third-order valence-corrected chi connectivity index (χ3v) is 2.88. The third kappa shape index (κ3) is 6.88. The van der Waals surface area contributed by atoms with Crippen LogP contribution in [0.5, 0.6) is 0 Å². The van der Waals surface area contributed by atoms with Crippen LogP contribution in [0, 0.1) is 0 Å². The van der Waals surface area contributed by atoms with Gasteiger partial charge in [-0.05, 0) is 6.42 Å². The second-order valence-corrected chi connectivity index (χ2v) is 4.28. The normalized spacial score (nSPS) is 18.2. The van der Waals surface area contributed by atoms with Gasteiger partial charge >= 0.3 is 0 Å². The summed E-state index contributed by atoms with van der Waals surface area (Å²) in [7, 11) is 0. The van der Waals surface area contributed by atoms with Crippen molar-refractivity contribution in [1.82, 2.24) is 10.4 Å². The first-order valence-electron chi connectivity index (χ1n) is 6.49. The smallest absolute Gasteiger partial charge is 0.0608 e. The van der Waals surface area contributed by atoms with Crippen LogP contribution < -0.4 is 5.43 Å². The first kappa shape index (κ1) is 12.9. The first-order chi connectivity index (χ1) is 7.43. The minimum atomic E-state index is 0.878. The van der Waals surface area contributed by atoms with E-state index in [1.165, 1.54) is 38.5 Å².